The van der Waals surface area contributed by atoms with Crippen LogP contribution < -0.4 is 5.32 Å². The Balaban J connectivity index is 4.94. The second-order valence-corrected chi connectivity index (χ2v) is 4.53. The molecule has 0 heterocycles. The molecule has 8 heteroatoms. The maximum atomic E-state index is 12.0. The highest BCUT2D eigenvalue weighted by atomic mass is 16.5. The zero-order chi connectivity index (χ0) is 15.8. The van der Waals surface area contributed by atoms with E-state index in [9.17, 15) is 14.4 Å². The predicted octanol–water partition coefficient (Wildman–Crippen LogP) is -0.971. The molecule has 0 saturated heterocycles. The van der Waals surface area contributed by atoms with Gasteiger partial charge in [-0.2, -0.15) is 0 Å². The lowest BCUT2D eigenvalue weighted by Crippen LogP contribution is -2.58. The molecular formula is C12H21BN2O5. The number of Topliss-reactive ketones (excluding diaryl/α,β-unsaturated/α-hetero) is 1. The molecule has 0 bridgehead atoms. The van der Waals surface area contributed by atoms with Gasteiger partial charge in [-0.05, 0) is 20.3 Å². The fraction of sp³-hybridized carbons (Fsp3) is 0.667. The number of rotatable bonds is 9. The van der Waals surface area contributed by atoms with Gasteiger partial charge in [0.05, 0.1) is 12.8 Å². The van der Waals surface area contributed by atoms with Gasteiger partial charge in [0.25, 0.3) is 0 Å². The summed E-state index contributed by atoms with van der Waals surface area (Å²) >= 11 is 0. The summed E-state index contributed by atoms with van der Waals surface area (Å²) in [5, 5.41) is 9.39. The lowest BCUT2D eigenvalue weighted by Gasteiger charge is -2.29. The Bertz CT molecular complexity index is 388. The van der Waals surface area contributed by atoms with E-state index in [1.165, 1.54) is 15.0 Å². The molecule has 0 aliphatic heterocycles. The van der Waals surface area contributed by atoms with Crippen LogP contribution in [0.4, 0.5) is 0 Å². The maximum absolute atomic E-state index is 12.0. The molecule has 0 aromatic rings. The number of esters is 1. The molecule has 0 aliphatic rings. The first kappa shape index (κ1) is 18.3. The highest BCUT2D eigenvalue weighted by Gasteiger charge is 2.37. The van der Waals surface area contributed by atoms with Crippen molar-refractivity contribution in [2.75, 3.05) is 13.7 Å². The summed E-state index contributed by atoms with van der Waals surface area (Å²) in [6.07, 6.45) is -0.00407. The third kappa shape index (κ3) is 5.52. The van der Waals surface area contributed by atoms with E-state index in [0.717, 1.165) is 0 Å². The number of hydrogen-bond donors (Lipinski definition) is 2. The fourth-order valence-electron chi connectivity index (χ4n) is 1.43. The SMILES string of the molecule is BC(CCC(=O)C=N)(NC(=O)[C@H](C)OC)C(=O)OCC. The largest absolute Gasteiger partial charge is 0.465 e. The summed E-state index contributed by atoms with van der Waals surface area (Å²) in [4.78, 5) is 35.0. The van der Waals surface area contributed by atoms with E-state index in [2.05, 4.69) is 5.32 Å². The number of carbonyl (C=O) groups is 3. The first-order valence-corrected chi connectivity index (χ1v) is 6.36. The van der Waals surface area contributed by atoms with Gasteiger partial charge in [-0.25, -0.2) is 0 Å². The number of nitrogens with one attached hydrogen (secondary N) is 2. The smallest absolute Gasteiger partial charge is 0.322 e. The van der Waals surface area contributed by atoms with Gasteiger partial charge in [-0.15, -0.1) is 0 Å². The first-order chi connectivity index (χ1) is 9.30. The monoisotopic (exact) mass is 284 g/mol. The van der Waals surface area contributed by atoms with Crippen LogP contribution >= 0.6 is 0 Å². The zero-order valence-corrected chi connectivity index (χ0v) is 12.3. The van der Waals surface area contributed by atoms with Gasteiger partial charge in [-0.1, -0.05) is 0 Å². The quantitative estimate of drug-likeness (QED) is 0.322. The number of carbonyl (C=O) groups excluding carboxylic acids is 3. The van der Waals surface area contributed by atoms with Crippen LogP contribution in [0.2, 0.25) is 0 Å². The van der Waals surface area contributed by atoms with Gasteiger partial charge >= 0.3 is 5.97 Å². The van der Waals surface area contributed by atoms with E-state index < -0.39 is 29.2 Å². The van der Waals surface area contributed by atoms with E-state index in [1.54, 1.807) is 13.8 Å². The summed E-state index contributed by atoms with van der Waals surface area (Å²) < 4.78 is 9.80. The molecule has 1 amide bonds. The third-order valence-electron chi connectivity index (χ3n) is 2.88. The van der Waals surface area contributed by atoms with Crippen molar-refractivity contribution in [3.05, 3.63) is 0 Å². The number of hydrogen-bond acceptors (Lipinski definition) is 6. The first-order valence-electron chi connectivity index (χ1n) is 6.36. The van der Waals surface area contributed by atoms with E-state index in [4.69, 9.17) is 14.9 Å². The van der Waals surface area contributed by atoms with Crippen LogP contribution in [-0.2, 0) is 23.9 Å². The lowest BCUT2D eigenvalue weighted by molar-refractivity contribution is -0.151. The Kier molecular flexibility index (Phi) is 7.75. The summed E-state index contributed by atoms with van der Waals surface area (Å²) in [6, 6.07) is 0. The molecule has 112 valence electrons. The van der Waals surface area contributed by atoms with Crippen molar-refractivity contribution in [3.63, 3.8) is 0 Å². The molecule has 0 spiro atoms. The molecule has 20 heavy (non-hydrogen) atoms. The molecule has 0 saturated carbocycles. The van der Waals surface area contributed by atoms with Crippen molar-refractivity contribution >= 4 is 31.7 Å². The molecule has 2 atom stereocenters. The van der Waals surface area contributed by atoms with Gasteiger partial charge in [0, 0.05) is 13.5 Å². The summed E-state index contributed by atoms with van der Waals surface area (Å²) in [5.41, 5.74) is -1.32. The molecule has 0 aromatic heterocycles. The van der Waals surface area contributed by atoms with Crippen LogP contribution in [0.15, 0.2) is 0 Å². The van der Waals surface area contributed by atoms with Crippen LogP contribution in [0.1, 0.15) is 26.7 Å². The van der Waals surface area contributed by atoms with Crippen LogP contribution in [0.5, 0.6) is 0 Å². The minimum Gasteiger partial charge on any atom is -0.465 e. The van der Waals surface area contributed by atoms with E-state index in [1.807, 2.05) is 0 Å². The van der Waals surface area contributed by atoms with Crippen molar-refractivity contribution in [2.24, 2.45) is 0 Å². The Morgan fingerprint density at radius 2 is 2.05 bits per heavy atom. The van der Waals surface area contributed by atoms with Gasteiger partial charge in [0.2, 0.25) is 5.91 Å². The molecule has 0 aliphatic carbocycles. The van der Waals surface area contributed by atoms with Crippen molar-refractivity contribution in [2.45, 2.75) is 38.2 Å². The fourth-order valence-corrected chi connectivity index (χ4v) is 1.43. The zero-order valence-electron chi connectivity index (χ0n) is 12.3. The van der Waals surface area contributed by atoms with Crippen LogP contribution in [0, 0.1) is 5.41 Å². The van der Waals surface area contributed by atoms with Crippen molar-refractivity contribution in [1.29, 1.82) is 5.41 Å². The van der Waals surface area contributed by atoms with Gasteiger partial charge in [0.1, 0.15) is 19.4 Å². The Morgan fingerprint density at radius 3 is 2.50 bits per heavy atom. The average Bonchev–Trinajstić information content (AvgIpc) is 2.43. The molecule has 0 aromatic carbocycles. The van der Waals surface area contributed by atoms with Gasteiger partial charge in [-0.3, -0.25) is 14.4 Å². The van der Waals surface area contributed by atoms with Crippen molar-refractivity contribution in [3.8, 4) is 0 Å². The van der Waals surface area contributed by atoms with Gasteiger partial charge in [0.15, 0.2) is 5.78 Å². The molecule has 1 unspecified atom stereocenters. The Morgan fingerprint density at radius 1 is 1.45 bits per heavy atom. The van der Waals surface area contributed by atoms with E-state index >= 15 is 0 Å². The van der Waals surface area contributed by atoms with E-state index in [0.29, 0.717) is 6.21 Å². The average molecular weight is 284 g/mol. The normalized spacial score (nSPS) is 14.8. The van der Waals surface area contributed by atoms with Crippen molar-refractivity contribution in [1.82, 2.24) is 5.32 Å². The van der Waals surface area contributed by atoms with Crippen LogP contribution in [0.3, 0.4) is 0 Å². The number of amides is 1. The Labute approximate surface area is 119 Å². The second kappa shape index (κ2) is 8.47. The summed E-state index contributed by atoms with van der Waals surface area (Å²) in [6.45, 7) is 3.37. The van der Waals surface area contributed by atoms with Crippen molar-refractivity contribution < 1.29 is 23.9 Å². The topological polar surface area (TPSA) is 106 Å². The molecular weight excluding hydrogens is 263 g/mol. The highest BCUT2D eigenvalue weighted by Crippen LogP contribution is 2.12. The number of methoxy groups -OCH3 is 1. The predicted molar refractivity (Wildman–Crippen MR) is 75.5 cm³/mol. The standard InChI is InChI=1S/C12H21BN2O5/c1-4-20-11(18)12(13,6-5-9(16)7-14)15-10(17)8(2)19-3/h7-8,14H,4-6,13H2,1-3H3,(H,15,17)/t8-,12?/m0/s1. The second-order valence-electron chi connectivity index (χ2n) is 4.53. The van der Waals surface area contributed by atoms with Crippen LogP contribution in [-0.4, -0.2) is 57.0 Å². The summed E-state index contributed by atoms with van der Waals surface area (Å²) in [5.74, 6) is -1.51. The van der Waals surface area contributed by atoms with Crippen LogP contribution in [0.25, 0.3) is 0 Å². The number of ether oxygens (including phenoxy) is 2. The minimum absolute atomic E-state index is 0.0273. The molecule has 0 radical (unpaired) electrons. The number of ketones is 1. The minimum atomic E-state index is -1.32. The maximum Gasteiger partial charge on any atom is 0.322 e. The highest BCUT2D eigenvalue weighted by molar-refractivity contribution is 6.30. The van der Waals surface area contributed by atoms with E-state index in [-0.39, 0.29) is 19.4 Å². The molecule has 0 rings (SSSR count). The third-order valence-corrected chi connectivity index (χ3v) is 2.88. The molecule has 0 fully saturated rings. The Hall–Kier alpha value is -1.70. The summed E-state index contributed by atoms with van der Waals surface area (Å²) in [7, 11) is 2.87. The lowest BCUT2D eigenvalue weighted by atomic mass is 9.73. The van der Waals surface area contributed by atoms with Gasteiger partial charge < -0.3 is 20.2 Å². The molecule has 7 nitrogen and oxygen atoms in total. The molecule has 2 N–H and O–H groups in total.